The number of alkyl halides is 3. The Labute approximate surface area is 194 Å². The molecule has 3 aromatic carbocycles. The zero-order valence-electron chi connectivity index (χ0n) is 18.1. The molecule has 178 valence electrons. The van der Waals surface area contributed by atoms with E-state index >= 15 is 0 Å². The molecule has 0 saturated carbocycles. The Kier molecular flexibility index (Phi) is 6.79. The third-order valence-electron chi connectivity index (χ3n) is 5.64. The van der Waals surface area contributed by atoms with Crippen LogP contribution in [0.25, 0.3) is 11.1 Å². The number of carboxylic acid groups (broad SMARTS) is 1. The van der Waals surface area contributed by atoms with Crippen molar-refractivity contribution in [1.82, 2.24) is 0 Å². The van der Waals surface area contributed by atoms with Crippen LogP contribution in [0.15, 0.2) is 66.7 Å². The molecule has 1 unspecified atom stereocenters. The third kappa shape index (κ3) is 5.88. The van der Waals surface area contributed by atoms with Gasteiger partial charge in [-0.3, -0.25) is 4.79 Å². The number of carbonyl (C=O) groups is 1. The predicted molar refractivity (Wildman–Crippen MR) is 119 cm³/mol. The molecular formula is C26H23F3O5. The van der Waals surface area contributed by atoms with Gasteiger partial charge in [0.15, 0.2) is 6.61 Å². The predicted octanol–water partition coefficient (Wildman–Crippen LogP) is 5.87. The van der Waals surface area contributed by atoms with Crippen molar-refractivity contribution in [3.05, 3.63) is 83.4 Å². The van der Waals surface area contributed by atoms with Crippen LogP contribution in [0.4, 0.5) is 13.2 Å². The minimum Gasteiger partial charge on any atom is -0.485 e. The second-order valence-electron chi connectivity index (χ2n) is 8.18. The summed E-state index contributed by atoms with van der Waals surface area (Å²) in [4.78, 5) is 10.9. The second kappa shape index (κ2) is 9.77. The number of halogens is 3. The number of hydrogen-bond acceptors (Lipinski definition) is 4. The lowest BCUT2D eigenvalue weighted by atomic mass is 9.94. The molecule has 0 saturated heterocycles. The highest BCUT2D eigenvalue weighted by atomic mass is 19.4. The number of aliphatic hydroxyl groups excluding tert-OH is 1. The number of aliphatic carboxylic acids is 1. The molecule has 1 heterocycles. The van der Waals surface area contributed by atoms with Gasteiger partial charge < -0.3 is 19.7 Å². The smallest absolute Gasteiger partial charge is 0.422 e. The Hall–Kier alpha value is -3.52. The number of carboxylic acids is 1. The van der Waals surface area contributed by atoms with Crippen LogP contribution < -0.4 is 9.47 Å². The Morgan fingerprint density at radius 2 is 1.82 bits per heavy atom. The van der Waals surface area contributed by atoms with Crippen molar-refractivity contribution in [1.29, 1.82) is 0 Å². The van der Waals surface area contributed by atoms with E-state index < -0.39 is 24.9 Å². The molecular weight excluding hydrogens is 449 g/mol. The molecule has 1 aliphatic heterocycles. The summed E-state index contributed by atoms with van der Waals surface area (Å²) < 4.78 is 48.2. The molecule has 2 N–H and O–H groups in total. The molecule has 0 aliphatic carbocycles. The molecule has 0 bridgehead atoms. The van der Waals surface area contributed by atoms with E-state index in [0.29, 0.717) is 11.3 Å². The van der Waals surface area contributed by atoms with Crippen molar-refractivity contribution in [3.8, 4) is 22.6 Å². The van der Waals surface area contributed by atoms with Gasteiger partial charge in [-0.25, -0.2) is 0 Å². The molecule has 4 rings (SSSR count). The fourth-order valence-electron chi connectivity index (χ4n) is 3.93. The number of rotatable bonds is 7. The van der Waals surface area contributed by atoms with Gasteiger partial charge in [-0.15, -0.1) is 0 Å². The maximum absolute atomic E-state index is 12.4. The molecule has 0 aromatic heterocycles. The minimum absolute atomic E-state index is 0.145. The van der Waals surface area contributed by atoms with Crippen molar-refractivity contribution >= 4 is 5.97 Å². The molecule has 0 fully saturated rings. The lowest BCUT2D eigenvalue weighted by Crippen LogP contribution is -2.19. The van der Waals surface area contributed by atoms with Crippen LogP contribution in [0, 0.1) is 0 Å². The largest absolute Gasteiger partial charge is 0.485 e. The second-order valence-corrected chi connectivity index (χ2v) is 8.18. The summed E-state index contributed by atoms with van der Waals surface area (Å²) in [5.41, 5.74) is 3.99. The maximum atomic E-state index is 12.4. The van der Waals surface area contributed by atoms with Crippen molar-refractivity contribution in [2.75, 3.05) is 6.61 Å². The summed E-state index contributed by atoms with van der Waals surface area (Å²) in [7, 11) is 0. The van der Waals surface area contributed by atoms with E-state index in [1.807, 2.05) is 30.3 Å². The topological polar surface area (TPSA) is 76.0 Å². The molecule has 8 heteroatoms. The standard InChI is InChI=1S/C26H23F3O5/c27-26(28,29)15-33-21-3-1-2-19(12-21)16-4-6-17(7-5-16)23-11-10-18-8-9-20(13-24(18)34-23)22(30)14-25(31)32/h1-9,12-13,22-23,30H,10-11,14-15H2,(H,31,32)/t22-,23?/m1/s1. The first-order valence-electron chi connectivity index (χ1n) is 10.8. The zero-order chi connectivity index (χ0) is 24.3. The van der Waals surface area contributed by atoms with Crippen molar-refractivity contribution in [2.45, 2.75) is 37.6 Å². The number of ether oxygens (including phenoxy) is 2. The van der Waals surface area contributed by atoms with E-state index in [9.17, 15) is 23.1 Å². The first kappa shape index (κ1) is 23.6. The van der Waals surface area contributed by atoms with Crippen LogP contribution >= 0.6 is 0 Å². The van der Waals surface area contributed by atoms with Gasteiger partial charge in [0.1, 0.15) is 17.6 Å². The van der Waals surface area contributed by atoms with Crippen LogP contribution in [0.3, 0.4) is 0 Å². The Balaban J connectivity index is 1.47. The highest BCUT2D eigenvalue weighted by Crippen LogP contribution is 2.37. The summed E-state index contributed by atoms with van der Waals surface area (Å²) in [5, 5.41) is 19.0. The van der Waals surface area contributed by atoms with E-state index in [4.69, 9.17) is 14.6 Å². The van der Waals surface area contributed by atoms with Gasteiger partial charge in [0.2, 0.25) is 0 Å². The lowest BCUT2D eigenvalue weighted by molar-refractivity contribution is -0.153. The number of aryl methyl sites for hydroxylation is 1. The van der Waals surface area contributed by atoms with Crippen LogP contribution in [-0.2, 0) is 11.2 Å². The monoisotopic (exact) mass is 472 g/mol. The molecule has 0 spiro atoms. The molecule has 3 aromatic rings. The van der Waals surface area contributed by atoms with Gasteiger partial charge >= 0.3 is 12.1 Å². The molecule has 5 nitrogen and oxygen atoms in total. The van der Waals surface area contributed by atoms with Crippen LogP contribution in [0.5, 0.6) is 11.5 Å². The Morgan fingerprint density at radius 3 is 2.53 bits per heavy atom. The van der Waals surface area contributed by atoms with E-state index in [1.54, 1.807) is 30.3 Å². The van der Waals surface area contributed by atoms with Gasteiger partial charge in [-0.1, -0.05) is 48.5 Å². The number of fused-ring (bicyclic) bond motifs is 1. The SMILES string of the molecule is O=C(O)C[C@@H](O)c1ccc2c(c1)OC(c1ccc(-c3cccc(OCC(F)(F)F)c3)cc1)CC2. The van der Waals surface area contributed by atoms with Crippen LogP contribution in [-0.4, -0.2) is 29.0 Å². The first-order chi connectivity index (χ1) is 16.2. The number of aliphatic hydroxyl groups is 1. The van der Waals surface area contributed by atoms with Gasteiger partial charge in [0.25, 0.3) is 0 Å². The summed E-state index contributed by atoms with van der Waals surface area (Å²) >= 11 is 0. The van der Waals surface area contributed by atoms with Crippen LogP contribution in [0.1, 0.15) is 41.7 Å². The van der Waals surface area contributed by atoms with E-state index in [2.05, 4.69) is 0 Å². The van der Waals surface area contributed by atoms with Crippen molar-refractivity contribution in [2.24, 2.45) is 0 Å². The van der Waals surface area contributed by atoms with Crippen molar-refractivity contribution < 1.29 is 37.7 Å². The fourth-order valence-corrected chi connectivity index (χ4v) is 3.93. The minimum atomic E-state index is -4.40. The van der Waals surface area contributed by atoms with Gasteiger partial charge in [0, 0.05) is 0 Å². The quantitative estimate of drug-likeness (QED) is 0.450. The Bertz CT molecular complexity index is 1160. The molecule has 2 atom stereocenters. The fraction of sp³-hybridized carbons (Fsp3) is 0.269. The number of hydrogen-bond donors (Lipinski definition) is 2. The summed E-state index contributed by atoms with van der Waals surface area (Å²) in [6.07, 6.45) is -4.58. The first-order valence-corrected chi connectivity index (χ1v) is 10.8. The molecule has 1 aliphatic rings. The maximum Gasteiger partial charge on any atom is 0.422 e. The van der Waals surface area contributed by atoms with Crippen molar-refractivity contribution in [3.63, 3.8) is 0 Å². The third-order valence-corrected chi connectivity index (χ3v) is 5.64. The van der Waals surface area contributed by atoms with E-state index in [-0.39, 0.29) is 18.3 Å². The van der Waals surface area contributed by atoms with Gasteiger partial charge in [-0.05, 0) is 58.9 Å². The van der Waals surface area contributed by atoms with Crippen LogP contribution in [0.2, 0.25) is 0 Å². The van der Waals surface area contributed by atoms with E-state index in [0.717, 1.165) is 35.1 Å². The molecule has 0 radical (unpaired) electrons. The number of benzene rings is 3. The summed E-state index contributed by atoms with van der Waals surface area (Å²) in [6.45, 7) is -1.34. The molecule has 34 heavy (non-hydrogen) atoms. The zero-order valence-corrected chi connectivity index (χ0v) is 18.1. The van der Waals surface area contributed by atoms with Gasteiger partial charge in [0.05, 0.1) is 12.5 Å². The normalized spacial score (nSPS) is 16.3. The highest BCUT2D eigenvalue weighted by Gasteiger charge is 2.28. The lowest BCUT2D eigenvalue weighted by Gasteiger charge is -2.27. The average Bonchev–Trinajstić information content (AvgIpc) is 2.81. The van der Waals surface area contributed by atoms with Gasteiger partial charge in [-0.2, -0.15) is 13.2 Å². The average molecular weight is 472 g/mol. The Morgan fingerprint density at radius 1 is 1.06 bits per heavy atom. The van der Waals surface area contributed by atoms with E-state index in [1.165, 1.54) is 6.07 Å². The molecule has 0 amide bonds. The highest BCUT2D eigenvalue weighted by molar-refractivity contribution is 5.68. The summed E-state index contributed by atoms with van der Waals surface area (Å²) in [6, 6.07) is 19.3. The summed E-state index contributed by atoms with van der Waals surface area (Å²) in [5.74, 6) is -0.314.